The molecule has 0 saturated carbocycles. The Kier molecular flexibility index (Phi) is 5.93. The number of hydrogen-bond donors (Lipinski definition) is 1. The minimum absolute atomic E-state index is 0.146. The van der Waals surface area contributed by atoms with Crippen molar-refractivity contribution in [2.75, 3.05) is 40.0 Å². The summed E-state index contributed by atoms with van der Waals surface area (Å²) < 4.78 is 9.86. The molecule has 1 unspecified atom stereocenters. The van der Waals surface area contributed by atoms with Crippen molar-refractivity contribution in [1.82, 2.24) is 4.90 Å². The predicted octanol–water partition coefficient (Wildman–Crippen LogP) is -0.0274. The zero-order valence-corrected chi connectivity index (χ0v) is 10.1. The van der Waals surface area contributed by atoms with Crippen molar-refractivity contribution in [2.24, 2.45) is 5.92 Å². The van der Waals surface area contributed by atoms with Gasteiger partial charge < -0.3 is 19.5 Å². The summed E-state index contributed by atoms with van der Waals surface area (Å²) in [6.07, 6.45) is 2.02. The lowest BCUT2D eigenvalue weighted by Gasteiger charge is -2.32. The first-order valence-corrected chi connectivity index (χ1v) is 5.69. The number of piperidine rings is 1. The maximum absolute atomic E-state index is 11.7. The largest absolute Gasteiger partial charge is 0.480 e. The number of methoxy groups -OCH3 is 1. The van der Waals surface area contributed by atoms with Gasteiger partial charge in [-0.1, -0.05) is 0 Å². The summed E-state index contributed by atoms with van der Waals surface area (Å²) in [6, 6.07) is 0. The maximum atomic E-state index is 11.7. The fraction of sp³-hybridized carbons (Fsp3) is 0.818. The van der Waals surface area contributed by atoms with Gasteiger partial charge in [0.2, 0.25) is 5.91 Å². The summed E-state index contributed by atoms with van der Waals surface area (Å²) >= 11 is 0. The Morgan fingerprint density at radius 1 is 1.41 bits per heavy atom. The molecular formula is C11H19NO5. The Bertz CT molecular complexity index is 267. The molecule has 6 nitrogen and oxygen atoms in total. The number of rotatable bonds is 6. The van der Waals surface area contributed by atoms with Gasteiger partial charge in [0.05, 0.1) is 6.61 Å². The molecule has 17 heavy (non-hydrogen) atoms. The summed E-state index contributed by atoms with van der Waals surface area (Å²) in [4.78, 5) is 23.6. The van der Waals surface area contributed by atoms with E-state index < -0.39 is 12.6 Å². The van der Waals surface area contributed by atoms with E-state index in [2.05, 4.69) is 0 Å². The van der Waals surface area contributed by atoms with E-state index in [0.717, 1.165) is 19.4 Å². The third kappa shape index (κ3) is 5.14. The summed E-state index contributed by atoms with van der Waals surface area (Å²) in [7, 11) is 1.65. The normalized spacial score (nSPS) is 20.3. The van der Waals surface area contributed by atoms with Crippen LogP contribution in [0.1, 0.15) is 12.8 Å². The summed E-state index contributed by atoms with van der Waals surface area (Å²) in [5.74, 6) is -0.835. The third-order valence-electron chi connectivity index (χ3n) is 2.73. The predicted molar refractivity (Wildman–Crippen MR) is 59.6 cm³/mol. The van der Waals surface area contributed by atoms with Gasteiger partial charge in [0, 0.05) is 20.2 Å². The minimum atomic E-state index is -1.06. The van der Waals surface area contributed by atoms with Gasteiger partial charge in [-0.05, 0) is 18.8 Å². The molecule has 0 radical (unpaired) electrons. The molecule has 1 amide bonds. The summed E-state index contributed by atoms with van der Waals surface area (Å²) in [5, 5.41) is 8.38. The molecule has 1 fully saturated rings. The average molecular weight is 245 g/mol. The van der Waals surface area contributed by atoms with Gasteiger partial charge in [-0.3, -0.25) is 4.79 Å². The standard InChI is InChI=1S/C11H19NO5/c1-16-6-9-3-2-4-12(5-9)10(13)7-17-8-11(14)15/h9H,2-8H2,1H3,(H,14,15). The maximum Gasteiger partial charge on any atom is 0.329 e. The van der Waals surface area contributed by atoms with Crippen molar-refractivity contribution in [2.45, 2.75) is 12.8 Å². The van der Waals surface area contributed by atoms with E-state index in [1.807, 2.05) is 0 Å². The lowest BCUT2D eigenvalue weighted by Crippen LogP contribution is -2.43. The van der Waals surface area contributed by atoms with Crippen molar-refractivity contribution in [3.05, 3.63) is 0 Å². The molecule has 98 valence electrons. The molecule has 0 aromatic rings. The fourth-order valence-electron chi connectivity index (χ4n) is 1.98. The lowest BCUT2D eigenvalue weighted by molar-refractivity contribution is -0.146. The first-order valence-electron chi connectivity index (χ1n) is 5.69. The molecule has 0 bridgehead atoms. The number of carbonyl (C=O) groups is 2. The lowest BCUT2D eigenvalue weighted by atomic mass is 9.99. The SMILES string of the molecule is COCC1CCCN(C(=O)COCC(=O)O)C1. The van der Waals surface area contributed by atoms with Gasteiger partial charge in [0.1, 0.15) is 13.2 Å². The topological polar surface area (TPSA) is 76.1 Å². The highest BCUT2D eigenvalue weighted by Crippen LogP contribution is 2.16. The molecule has 1 N–H and O–H groups in total. The van der Waals surface area contributed by atoms with Crippen molar-refractivity contribution in [1.29, 1.82) is 0 Å². The van der Waals surface area contributed by atoms with Gasteiger partial charge in [0.25, 0.3) is 0 Å². The number of likely N-dealkylation sites (tertiary alicyclic amines) is 1. The number of amides is 1. The molecule has 1 heterocycles. The fourth-order valence-corrected chi connectivity index (χ4v) is 1.98. The molecular weight excluding hydrogens is 226 g/mol. The van der Waals surface area contributed by atoms with Gasteiger partial charge in [-0.2, -0.15) is 0 Å². The molecule has 0 aromatic carbocycles. The Balaban J connectivity index is 2.28. The third-order valence-corrected chi connectivity index (χ3v) is 2.73. The number of carboxylic acid groups (broad SMARTS) is 1. The van der Waals surface area contributed by atoms with Crippen LogP contribution < -0.4 is 0 Å². The van der Waals surface area contributed by atoms with Crippen LogP contribution >= 0.6 is 0 Å². The highest BCUT2D eigenvalue weighted by atomic mass is 16.5. The first kappa shape index (κ1) is 13.9. The molecule has 1 saturated heterocycles. The van der Waals surface area contributed by atoms with Crippen LogP contribution in [-0.4, -0.2) is 61.9 Å². The average Bonchev–Trinajstić information content (AvgIpc) is 2.29. The van der Waals surface area contributed by atoms with Crippen LogP contribution in [0.2, 0.25) is 0 Å². The molecule has 1 aliphatic rings. The molecule has 1 rings (SSSR count). The Morgan fingerprint density at radius 3 is 2.82 bits per heavy atom. The van der Waals surface area contributed by atoms with Crippen molar-refractivity contribution in [3.63, 3.8) is 0 Å². The van der Waals surface area contributed by atoms with E-state index in [4.69, 9.17) is 14.6 Å². The van der Waals surface area contributed by atoms with E-state index in [1.54, 1.807) is 12.0 Å². The molecule has 0 spiro atoms. The van der Waals surface area contributed by atoms with Crippen LogP contribution in [0, 0.1) is 5.92 Å². The van der Waals surface area contributed by atoms with Crippen LogP contribution in [0.15, 0.2) is 0 Å². The van der Waals surface area contributed by atoms with Crippen LogP contribution in [0.3, 0.4) is 0 Å². The minimum Gasteiger partial charge on any atom is -0.480 e. The van der Waals surface area contributed by atoms with Gasteiger partial charge in [-0.15, -0.1) is 0 Å². The van der Waals surface area contributed by atoms with Crippen LogP contribution in [-0.2, 0) is 19.1 Å². The van der Waals surface area contributed by atoms with E-state index in [0.29, 0.717) is 19.1 Å². The number of hydrogen-bond acceptors (Lipinski definition) is 4. The summed E-state index contributed by atoms with van der Waals surface area (Å²) in [6.45, 7) is 1.45. The Morgan fingerprint density at radius 2 is 2.18 bits per heavy atom. The first-order chi connectivity index (χ1) is 8.13. The van der Waals surface area contributed by atoms with Crippen molar-refractivity contribution < 1.29 is 24.2 Å². The monoisotopic (exact) mass is 245 g/mol. The smallest absolute Gasteiger partial charge is 0.329 e. The van der Waals surface area contributed by atoms with Crippen molar-refractivity contribution >= 4 is 11.9 Å². The van der Waals surface area contributed by atoms with Crippen LogP contribution in [0.5, 0.6) is 0 Å². The second-order valence-electron chi connectivity index (χ2n) is 4.19. The number of ether oxygens (including phenoxy) is 2. The zero-order chi connectivity index (χ0) is 12.7. The number of aliphatic carboxylic acids is 1. The Labute approximate surface area is 100 Å². The highest BCUT2D eigenvalue weighted by Gasteiger charge is 2.23. The number of carboxylic acids is 1. The van der Waals surface area contributed by atoms with Crippen LogP contribution in [0.4, 0.5) is 0 Å². The zero-order valence-electron chi connectivity index (χ0n) is 10.1. The second-order valence-corrected chi connectivity index (χ2v) is 4.19. The van der Waals surface area contributed by atoms with E-state index in [9.17, 15) is 9.59 Å². The van der Waals surface area contributed by atoms with E-state index >= 15 is 0 Å². The van der Waals surface area contributed by atoms with Gasteiger partial charge in [-0.25, -0.2) is 4.79 Å². The molecule has 1 atom stereocenters. The summed E-state index contributed by atoms with van der Waals surface area (Å²) in [5.41, 5.74) is 0. The molecule has 0 aromatic heterocycles. The van der Waals surface area contributed by atoms with Crippen molar-refractivity contribution in [3.8, 4) is 0 Å². The van der Waals surface area contributed by atoms with Gasteiger partial charge in [0.15, 0.2) is 0 Å². The van der Waals surface area contributed by atoms with E-state index in [1.165, 1.54) is 0 Å². The molecule has 6 heteroatoms. The Hall–Kier alpha value is -1.14. The van der Waals surface area contributed by atoms with E-state index in [-0.39, 0.29) is 12.5 Å². The van der Waals surface area contributed by atoms with Gasteiger partial charge >= 0.3 is 5.97 Å². The molecule has 0 aliphatic carbocycles. The highest BCUT2D eigenvalue weighted by molar-refractivity contribution is 5.78. The number of nitrogens with zero attached hydrogens (tertiary/aromatic N) is 1. The van der Waals surface area contributed by atoms with Crippen LogP contribution in [0.25, 0.3) is 0 Å². The second kappa shape index (κ2) is 7.24. The number of carbonyl (C=O) groups excluding carboxylic acids is 1. The molecule has 1 aliphatic heterocycles. The quantitative estimate of drug-likeness (QED) is 0.711.